The highest BCUT2D eigenvalue weighted by Gasteiger charge is 2.40. The van der Waals surface area contributed by atoms with Gasteiger partial charge in [0.25, 0.3) is 5.91 Å². The summed E-state index contributed by atoms with van der Waals surface area (Å²) in [6, 6.07) is 10.3. The molecule has 8 heteroatoms. The van der Waals surface area contributed by atoms with Gasteiger partial charge in [-0.2, -0.15) is 0 Å². The molecule has 3 rings (SSSR count). The lowest BCUT2D eigenvalue weighted by Gasteiger charge is -2.38. The summed E-state index contributed by atoms with van der Waals surface area (Å²) in [5.41, 5.74) is 0. The van der Waals surface area contributed by atoms with Crippen LogP contribution in [0.15, 0.2) is 47.1 Å². The van der Waals surface area contributed by atoms with Crippen molar-refractivity contribution in [3.8, 4) is 11.5 Å². The predicted molar refractivity (Wildman–Crippen MR) is 90.2 cm³/mol. The Kier molecular flexibility index (Phi) is 4.98. The van der Waals surface area contributed by atoms with E-state index in [1.54, 1.807) is 36.4 Å². The third-order valence-electron chi connectivity index (χ3n) is 4.05. The van der Waals surface area contributed by atoms with Gasteiger partial charge in [-0.05, 0) is 24.3 Å². The normalized spacial score (nSPS) is 14.8. The van der Waals surface area contributed by atoms with Gasteiger partial charge >= 0.3 is 0 Å². The van der Waals surface area contributed by atoms with Gasteiger partial charge in [-0.15, -0.1) is 0 Å². The first-order valence-corrected chi connectivity index (χ1v) is 9.48. The van der Waals surface area contributed by atoms with E-state index in [1.807, 2.05) is 0 Å². The lowest BCUT2D eigenvalue weighted by Crippen LogP contribution is -2.58. The van der Waals surface area contributed by atoms with Crippen molar-refractivity contribution in [1.29, 1.82) is 0 Å². The van der Waals surface area contributed by atoms with Crippen molar-refractivity contribution >= 4 is 15.7 Å². The van der Waals surface area contributed by atoms with Crippen molar-refractivity contribution < 1.29 is 27.1 Å². The molecule has 0 bridgehead atoms. The van der Waals surface area contributed by atoms with Crippen LogP contribution in [0.2, 0.25) is 0 Å². The van der Waals surface area contributed by atoms with Crippen LogP contribution < -0.4 is 9.47 Å². The van der Waals surface area contributed by atoms with Gasteiger partial charge in [0.1, 0.15) is 11.5 Å². The number of benzene rings is 1. The second kappa shape index (κ2) is 7.18. The summed E-state index contributed by atoms with van der Waals surface area (Å²) in [6.07, 6.45) is 1.44. The molecule has 1 fully saturated rings. The van der Waals surface area contributed by atoms with Crippen LogP contribution in [0.4, 0.5) is 0 Å². The molecular formula is C17H19NO6S. The van der Waals surface area contributed by atoms with Crippen LogP contribution in [0.3, 0.4) is 0 Å². The molecule has 7 nitrogen and oxygen atoms in total. The fourth-order valence-electron chi connectivity index (χ4n) is 2.55. The number of nitrogens with zero attached hydrogens (tertiary/aromatic N) is 1. The average molecular weight is 365 g/mol. The van der Waals surface area contributed by atoms with E-state index in [1.165, 1.54) is 18.3 Å². The second-order valence-electron chi connectivity index (χ2n) is 5.75. The zero-order chi connectivity index (χ0) is 17.9. The fraction of sp³-hybridized carbons (Fsp3) is 0.353. The van der Waals surface area contributed by atoms with Crippen LogP contribution in [0, 0.1) is 0 Å². The van der Waals surface area contributed by atoms with E-state index in [0.717, 1.165) is 0 Å². The Balaban J connectivity index is 1.49. The van der Waals surface area contributed by atoms with Crippen LogP contribution in [0.25, 0.3) is 0 Å². The summed E-state index contributed by atoms with van der Waals surface area (Å²) < 4.78 is 40.2. The standard InChI is InChI=1S/C17H19NO6S/c1-22-15-6-2-3-7-16(15)24-11-17(19)18-9-14(10-18)25(20,21)12-13-5-4-8-23-13/h2-8,14H,9-12H2,1H3. The quantitative estimate of drug-likeness (QED) is 0.739. The first-order chi connectivity index (χ1) is 12.0. The molecule has 1 saturated heterocycles. The highest BCUT2D eigenvalue weighted by atomic mass is 32.2. The predicted octanol–water partition coefficient (Wildman–Crippen LogP) is 1.49. The molecule has 0 aliphatic carbocycles. The molecule has 1 aromatic heterocycles. The lowest BCUT2D eigenvalue weighted by molar-refractivity contribution is -0.136. The van der Waals surface area contributed by atoms with Gasteiger partial charge in [-0.3, -0.25) is 4.79 Å². The zero-order valence-corrected chi connectivity index (χ0v) is 14.6. The number of methoxy groups -OCH3 is 1. The largest absolute Gasteiger partial charge is 0.493 e. The number of ether oxygens (including phenoxy) is 2. The van der Waals surface area contributed by atoms with Gasteiger partial charge < -0.3 is 18.8 Å². The molecule has 0 unspecified atom stereocenters. The molecule has 2 heterocycles. The van der Waals surface area contributed by atoms with Gasteiger partial charge in [0.2, 0.25) is 0 Å². The maximum atomic E-state index is 12.3. The first-order valence-electron chi connectivity index (χ1n) is 7.77. The number of rotatable bonds is 7. The molecule has 0 radical (unpaired) electrons. The molecule has 0 spiro atoms. The number of hydrogen-bond acceptors (Lipinski definition) is 6. The summed E-state index contributed by atoms with van der Waals surface area (Å²) in [4.78, 5) is 13.6. The van der Waals surface area contributed by atoms with Crippen LogP contribution in [-0.2, 0) is 20.4 Å². The number of furan rings is 1. The smallest absolute Gasteiger partial charge is 0.260 e. The summed E-state index contributed by atoms with van der Waals surface area (Å²) in [6.45, 7) is 0.194. The molecule has 134 valence electrons. The van der Waals surface area contributed by atoms with E-state index in [4.69, 9.17) is 13.9 Å². The Morgan fingerprint density at radius 2 is 1.92 bits per heavy atom. The Labute approximate surface area is 146 Å². The Morgan fingerprint density at radius 1 is 1.20 bits per heavy atom. The molecule has 0 atom stereocenters. The minimum atomic E-state index is -3.34. The summed E-state index contributed by atoms with van der Waals surface area (Å²) in [5.74, 6) is 1.02. The maximum absolute atomic E-state index is 12.3. The number of para-hydroxylation sites is 2. The van der Waals surface area contributed by atoms with Gasteiger partial charge in [-0.1, -0.05) is 12.1 Å². The van der Waals surface area contributed by atoms with E-state index < -0.39 is 15.1 Å². The average Bonchev–Trinajstić information content (AvgIpc) is 3.03. The molecule has 1 amide bonds. The molecule has 1 aromatic carbocycles. The monoisotopic (exact) mass is 365 g/mol. The third-order valence-corrected chi connectivity index (χ3v) is 6.05. The van der Waals surface area contributed by atoms with Crippen molar-refractivity contribution in [1.82, 2.24) is 4.90 Å². The molecule has 2 aromatic rings. The van der Waals surface area contributed by atoms with E-state index in [-0.39, 0.29) is 31.4 Å². The van der Waals surface area contributed by atoms with Crippen molar-refractivity contribution in [3.05, 3.63) is 48.4 Å². The number of hydrogen-bond donors (Lipinski definition) is 0. The van der Waals surface area contributed by atoms with Crippen LogP contribution in [0.1, 0.15) is 5.76 Å². The minimum Gasteiger partial charge on any atom is -0.493 e. The molecule has 0 N–H and O–H groups in total. The fourth-order valence-corrected chi connectivity index (χ4v) is 4.16. The Hall–Kier alpha value is -2.48. The van der Waals surface area contributed by atoms with Crippen LogP contribution in [0.5, 0.6) is 11.5 Å². The van der Waals surface area contributed by atoms with Crippen LogP contribution in [-0.4, -0.2) is 51.3 Å². The number of amides is 1. The topological polar surface area (TPSA) is 86.0 Å². The highest BCUT2D eigenvalue weighted by Crippen LogP contribution is 2.26. The number of likely N-dealkylation sites (tertiary alicyclic amines) is 1. The van der Waals surface area contributed by atoms with E-state index in [0.29, 0.717) is 17.3 Å². The zero-order valence-electron chi connectivity index (χ0n) is 13.8. The molecular weight excluding hydrogens is 346 g/mol. The van der Waals surface area contributed by atoms with Crippen molar-refractivity contribution in [3.63, 3.8) is 0 Å². The van der Waals surface area contributed by atoms with Crippen molar-refractivity contribution in [2.45, 2.75) is 11.0 Å². The SMILES string of the molecule is COc1ccccc1OCC(=O)N1CC(S(=O)(=O)Cc2ccco2)C1. The van der Waals surface area contributed by atoms with Gasteiger partial charge in [0, 0.05) is 13.1 Å². The second-order valence-corrected chi connectivity index (χ2v) is 8.03. The van der Waals surface area contributed by atoms with Gasteiger partial charge in [-0.25, -0.2) is 8.42 Å². The summed E-state index contributed by atoms with van der Waals surface area (Å²) in [7, 11) is -1.82. The van der Waals surface area contributed by atoms with Gasteiger partial charge in [0.15, 0.2) is 27.9 Å². The van der Waals surface area contributed by atoms with E-state index in [9.17, 15) is 13.2 Å². The molecule has 1 aliphatic rings. The van der Waals surface area contributed by atoms with Crippen molar-refractivity contribution in [2.24, 2.45) is 0 Å². The number of sulfone groups is 1. The molecule has 25 heavy (non-hydrogen) atoms. The van der Waals surface area contributed by atoms with Crippen LogP contribution >= 0.6 is 0 Å². The molecule has 0 saturated carbocycles. The first kappa shape index (κ1) is 17.3. The highest BCUT2D eigenvalue weighted by molar-refractivity contribution is 7.91. The summed E-state index contributed by atoms with van der Waals surface area (Å²) >= 11 is 0. The van der Waals surface area contributed by atoms with Gasteiger partial charge in [0.05, 0.1) is 18.6 Å². The number of carbonyl (C=O) groups is 1. The van der Waals surface area contributed by atoms with E-state index >= 15 is 0 Å². The minimum absolute atomic E-state index is 0.148. The maximum Gasteiger partial charge on any atom is 0.260 e. The Bertz CT molecular complexity index is 825. The number of carbonyl (C=O) groups excluding carboxylic acids is 1. The summed E-state index contributed by atoms with van der Waals surface area (Å²) in [5, 5.41) is -0.562. The third kappa shape index (κ3) is 3.96. The van der Waals surface area contributed by atoms with Crippen molar-refractivity contribution in [2.75, 3.05) is 26.8 Å². The lowest BCUT2D eigenvalue weighted by atomic mass is 10.2. The Morgan fingerprint density at radius 3 is 2.56 bits per heavy atom. The van der Waals surface area contributed by atoms with E-state index in [2.05, 4.69) is 0 Å². The molecule has 1 aliphatic heterocycles.